The summed E-state index contributed by atoms with van der Waals surface area (Å²) >= 11 is 6.34. The van der Waals surface area contributed by atoms with Crippen molar-refractivity contribution in [2.45, 2.75) is 26.7 Å². The number of carbonyl (C=O) groups excluding carboxylic acids is 1. The molecule has 0 bridgehead atoms. The number of nitrogens with one attached hydrogen (secondary N) is 1. The van der Waals surface area contributed by atoms with Crippen molar-refractivity contribution in [2.24, 2.45) is 0 Å². The summed E-state index contributed by atoms with van der Waals surface area (Å²) < 4.78 is 1.74. The molecule has 2 aromatic carbocycles. The van der Waals surface area contributed by atoms with E-state index in [1.807, 2.05) is 56.3 Å². The lowest BCUT2D eigenvalue weighted by Gasteiger charge is -2.12. The predicted octanol–water partition coefficient (Wildman–Crippen LogP) is 4.56. The Morgan fingerprint density at radius 2 is 1.80 bits per heavy atom. The molecule has 0 saturated heterocycles. The number of aromatic nitrogens is 3. The van der Waals surface area contributed by atoms with Gasteiger partial charge in [-0.1, -0.05) is 60.1 Å². The second-order valence-electron chi connectivity index (χ2n) is 7.31. The van der Waals surface area contributed by atoms with E-state index in [2.05, 4.69) is 22.5 Å². The highest BCUT2D eigenvalue weighted by Crippen LogP contribution is 2.24. The molecule has 0 aliphatic rings. The molecule has 152 valence electrons. The van der Waals surface area contributed by atoms with Crippen molar-refractivity contribution in [3.8, 4) is 0 Å². The van der Waals surface area contributed by atoms with Gasteiger partial charge in [-0.15, -0.1) is 0 Å². The van der Waals surface area contributed by atoms with Crippen LogP contribution in [0.3, 0.4) is 0 Å². The number of rotatable bonds is 6. The summed E-state index contributed by atoms with van der Waals surface area (Å²) in [6.45, 7) is 4.52. The Labute approximate surface area is 180 Å². The maximum absolute atomic E-state index is 12.7. The number of hydrogen-bond donors (Lipinski definition) is 1. The topological polar surface area (TPSA) is 59.3 Å². The zero-order valence-corrected chi connectivity index (χ0v) is 17.8. The number of fused-ring (bicyclic) bond motifs is 1. The Balaban J connectivity index is 1.56. The van der Waals surface area contributed by atoms with Crippen molar-refractivity contribution in [1.82, 2.24) is 19.9 Å². The molecule has 0 aliphatic heterocycles. The molecule has 2 heterocycles. The summed E-state index contributed by atoms with van der Waals surface area (Å²) in [4.78, 5) is 17.4. The summed E-state index contributed by atoms with van der Waals surface area (Å²) in [7, 11) is 0. The van der Waals surface area contributed by atoms with Gasteiger partial charge in [0, 0.05) is 29.4 Å². The van der Waals surface area contributed by atoms with Crippen LogP contribution in [0.5, 0.6) is 0 Å². The van der Waals surface area contributed by atoms with E-state index in [1.165, 1.54) is 5.56 Å². The standard InChI is InChI=1S/C24H23ClN4O/c1-16-20(14-19-10-6-7-11-22(19)25)17(2)29-23(28-16)21(15-27-29)24(30)26-13-12-18-8-4-3-5-9-18/h3-11,15H,12-14H2,1-2H3,(H,26,30). The average Bonchev–Trinajstić information content (AvgIpc) is 3.17. The fourth-order valence-corrected chi connectivity index (χ4v) is 3.82. The van der Waals surface area contributed by atoms with Gasteiger partial charge in [0.2, 0.25) is 0 Å². The molecule has 2 aromatic heterocycles. The van der Waals surface area contributed by atoms with Crippen molar-refractivity contribution in [3.05, 3.63) is 99.5 Å². The molecular formula is C24H23ClN4O. The van der Waals surface area contributed by atoms with Gasteiger partial charge in [-0.05, 0) is 43.0 Å². The Bertz CT molecular complexity index is 1200. The number of amides is 1. The smallest absolute Gasteiger partial charge is 0.256 e. The maximum Gasteiger partial charge on any atom is 0.256 e. The van der Waals surface area contributed by atoms with E-state index in [4.69, 9.17) is 16.6 Å². The highest BCUT2D eigenvalue weighted by atomic mass is 35.5. The van der Waals surface area contributed by atoms with Crippen LogP contribution in [0, 0.1) is 13.8 Å². The number of nitrogens with zero attached hydrogens (tertiary/aromatic N) is 3. The van der Waals surface area contributed by atoms with E-state index in [0.717, 1.165) is 34.0 Å². The largest absolute Gasteiger partial charge is 0.352 e. The molecule has 6 heteroatoms. The second-order valence-corrected chi connectivity index (χ2v) is 7.72. The molecule has 1 amide bonds. The minimum atomic E-state index is -0.161. The third-order valence-electron chi connectivity index (χ3n) is 5.32. The highest BCUT2D eigenvalue weighted by Gasteiger charge is 2.18. The number of carbonyl (C=O) groups is 1. The molecule has 5 nitrogen and oxygen atoms in total. The molecule has 1 N–H and O–H groups in total. The van der Waals surface area contributed by atoms with Crippen molar-refractivity contribution >= 4 is 23.2 Å². The van der Waals surface area contributed by atoms with E-state index < -0.39 is 0 Å². The van der Waals surface area contributed by atoms with Gasteiger partial charge in [0.05, 0.1) is 6.20 Å². The Morgan fingerprint density at radius 1 is 1.07 bits per heavy atom. The van der Waals surface area contributed by atoms with Crippen LogP contribution >= 0.6 is 11.6 Å². The normalized spacial score (nSPS) is 11.0. The van der Waals surface area contributed by atoms with E-state index in [1.54, 1.807) is 10.7 Å². The number of aryl methyl sites for hydroxylation is 2. The van der Waals surface area contributed by atoms with Crippen LogP contribution in [0.1, 0.15) is 38.4 Å². The first-order valence-electron chi connectivity index (χ1n) is 9.94. The molecule has 0 saturated carbocycles. The van der Waals surface area contributed by atoms with Crippen LogP contribution in [0.4, 0.5) is 0 Å². The first kappa shape index (κ1) is 20.1. The van der Waals surface area contributed by atoms with Crippen molar-refractivity contribution in [3.63, 3.8) is 0 Å². The van der Waals surface area contributed by atoms with Gasteiger partial charge >= 0.3 is 0 Å². The first-order chi connectivity index (χ1) is 14.5. The van der Waals surface area contributed by atoms with Gasteiger partial charge < -0.3 is 5.32 Å². The Morgan fingerprint density at radius 3 is 2.57 bits per heavy atom. The zero-order chi connectivity index (χ0) is 21.1. The van der Waals surface area contributed by atoms with Crippen LogP contribution in [-0.4, -0.2) is 27.0 Å². The molecule has 30 heavy (non-hydrogen) atoms. The van der Waals surface area contributed by atoms with E-state index in [0.29, 0.717) is 24.2 Å². The molecule has 0 atom stereocenters. The molecule has 4 aromatic rings. The van der Waals surface area contributed by atoms with Crippen LogP contribution in [0.2, 0.25) is 5.02 Å². The third-order valence-corrected chi connectivity index (χ3v) is 5.69. The monoisotopic (exact) mass is 418 g/mol. The molecular weight excluding hydrogens is 396 g/mol. The van der Waals surface area contributed by atoms with E-state index in [9.17, 15) is 4.79 Å². The Hall–Kier alpha value is -3.18. The van der Waals surface area contributed by atoms with Gasteiger partial charge in [0.1, 0.15) is 5.56 Å². The minimum Gasteiger partial charge on any atom is -0.352 e. The van der Waals surface area contributed by atoms with Crippen molar-refractivity contribution in [1.29, 1.82) is 0 Å². The summed E-state index contributed by atoms with van der Waals surface area (Å²) in [6.07, 6.45) is 3.03. The average molecular weight is 419 g/mol. The predicted molar refractivity (Wildman–Crippen MR) is 119 cm³/mol. The molecule has 4 rings (SSSR count). The summed E-state index contributed by atoms with van der Waals surface area (Å²) in [6, 6.07) is 17.9. The van der Waals surface area contributed by atoms with Gasteiger partial charge in [-0.25, -0.2) is 9.50 Å². The van der Waals surface area contributed by atoms with E-state index in [-0.39, 0.29) is 5.91 Å². The van der Waals surface area contributed by atoms with Crippen LogP contribution in [0.15, 0.2) is 60.8 Å². The Kier molecular flexibility index (Phi) is 5.81. The molecule has 0 radical (unpaired) electrons. The fraction of sp³-hybridized carbons (Fsp3) is 0.208. The van der Waals surface area contributed by atoms with Gasteiger partial charge in [0.25, 0.3) is 5.91 Å². The SMILES string of the molecule is Cc1nc2c(C(=O)NCCc3ccccc3)cnn2c(C)c1Cc1ccccc1Cl. The zero-order valence-electron chi connectivity index (χ0n) is 17.0. The first-order valence-corrected chi connectivity index (χ1v) is 10.3. The van der Waals surface area contributed by atoms with Gasteiger partial charge in [-0.2, -0.15) is 5.10 Å². The second kappa shape index (κ2) is 8.67. The number of hydrogen-bond acceptors (Lipinski definition) is 3. The molecule has 0 aliphatic carbocycles. The number of benzene rings is 2. The minimum absolute atomic E-state index is 0.161. The summed E-state index contributed by atoms with van der Waals surface area (Å²) in [5.74, 6) is -0.161. The quantitative estimate of drug-likeness (QED) is 0.499. The number of halogens is 1. The van der Waals surface area contributed by atoms with Crippen LogP contribution < -0.4 is 5.32 Å². The van der Waals surface area contributed by atoms with Crippen molar-refractivity contribution < 1.29 is 4.79 Å². The lowest BCUT2D eigenvalue weighted by atomic mass is 10.0. The lowest BCUT2D eigenvalue weighted by molar-refractivity contribution is 0.0955. The summed E-state index contributed by atoms with van der Waals surface area (Å²) in [5.41, 5.74) is 6.18. The van der Waals surface area contributed by atoms with Gasteiger partial charge in [0.15, 0.2) is 5.65 Å². The van der Waals surface area contributed by atoms with E-state index >= 15 is 0 Å². The molecule has 0 unspecified atom stereocenters. The van der Waals surface area contributed by atoms with Gasteiger partial charge in [-0.3, -0.25) is 4.79 Å². The fourth-order valence-electron chi connectivity index (χ4n) is 3.62. The summed E-state index contributed by atoms with van der Waals surface area (Å²) in [5, 5.41) is 8.14. The van der Waals surface area contributed by atoms with Crippen molar-refractivity contribution in [2.75, 3.05) is 6.54 Å². The molecule has 0 fully saturated rings. The maximum atomic E-state index is 12.7. The van der Waals surface area contributed by atoms with Crippen LogP contribution in [-0.2, 0) is 12.8 Å². The van der Waals surface area contributed by atoms with Crippen LogP contribution in [0.25, 0.3) is 5.65 Å². The third kappa shape index (κ3) is 4.07. The lowest BCUT2D eigenvalue weighted by Crippen LogP contribution is -2.25. The highest BCUT2D eigenvalue weighted by molar-refractivity contribution is 6.31. The molecule has 0 spiro atoms.